The maximum absolute atomic E-state index is 13.5. The molecule has 0 spiro atoms. The van der Waals surface area contributed by atoms with Crippen molar-refractivity contribution in [1.29, 1.82) is 0 Å². The highest BCUT2D eigenvalue weighted by molar-refractivity contribution is 9.10. The molecule has 0 bridgehead atoms. The van der Waals surface area contributed by atoms with Gasteiger partial charge in [0, 0.05) is 17.6 Å². The topological polar surface area (TPSA) is 67.4 Å². The van der Waals surface area contributed by atoms with E-state index in [0.717, 1.165) is 6.07 Å². The SMILES string of the molecule is CC(C)(C)OC(=O)NCCCNC(=O)c1cc(Br)cc(F)c1F. The van der Waals surface area contributed by atoms with E-state index in [1.165, 1.54) is 6.07 Å². The molecule has 0 saturated carbocycles. The number of ether oxygens (including phenoxy) is 1. The second-order valence-corrected chi connectivity index (χ2v) is 6.70. The molecule has 0 atom stereocenters. The number of carbonyl (C=O) groups is 2. The van der Waals surface area contributed by atoms with E-state index in [4.69, 9.17) is 4.74 Å². The molecule has 1 aromatic carbocycles. The zero-order chi connectivity index (χ0) is 17.6. The van der Waals surface area contributed by atoms with Crippen molar-refractivity contribution in [2.45, 2.75) is 32.8 Å². The minimum absolute atomic E-state index is 0.197. The Hall–Kier alpha value is -1.70. The van der Waals surface area contributed by atoms with Gasteiger partial charge in [-0.2, -0.15) is 0 Å². The molecule has 0 unspecified atom stereocenters. The third-order valence-corrected chi connectivity index (χ3v) is 3.00. The summed E-state index contributed by atoms with van der Waals surface area (Å²) in [6.07, 6.45) is -0.132. The Morgan fingerprint density at radius 3 is 2.39 bits per heavy atom. The summed E-state index contributed by atoms with van der Waals surface area (Å²) in [5.41, 5.74) is -0.961. The van der Waals surface area contributed by atoms with Crippen LogP contribution in [0.2, 0.25) is 0 Å². The van der Waals surface area contributed by atoms with E-state index in [0.29, 0.717) is 6.42 Å². The summed E-state index contributed by atoms with van der Waals surface area (Å²) in [4.78, 5) is 23.2. The van der Waals surface area contributed by atoms with Gasteiger partial charge in [0.15, 0.2) is 11.6 Å². The summed E-state index contributed by atoms with van der Waals surface area (Å²) in [7, 11) is 0. The number of hydrogen-bond donors (Lipinski definition) is 2. The molecular formula is C15H19BrF2N2O3. The fourth-order valence-corrected chi connectivity index (χ4v) is 2.04. The molecule has 2 amide bonds. The fourth-order valence-electron chi connectivity index (χ4n) is 1.61. The Kier molecular flexibility index (Phi) is 6.93. The van der Waals surface area contributed by atoms with Crippen LogP contribution in [-0.2, 0) is 4.74 Å². The zero-order valence-corrected chi connectivity index (χ0v) is 14.7. The number of rotatable bonds is 5. The van der Waals surface area contributed by atoms with Crippen LogP contribution < -0.4 is 10.6 Å². The van der Waals surface area contributed by atoms with E-state index in [2.05, 4.69) is 26.6 Å². The fraction of sp³-hybridized carbons (Fsp3) is 0.467. The summed E-state index contributed by atoms with van der Waals surface area (Å²) >= 11 is 3.00. The van der Waals surface area contributed by atoms with Crippen molar-refractivity contribution in [3.05, 3.63) is 33.8 Å². The first-order chi connectivity index (χ1) is 10.6. The maximum Gasteiger partial charge on any atom is 0.407 e. The summed E-state index contributed by atoms with van der Waals surface area (Å²) in [6, 6.07) is 2.14. The highest BCUT2D eigenvalue weighted by Crippen LogP contribution is 2.19. The van der Waals surface area contributed by atoms with Gasteiger partial charge in [-0.25, -0.2) is 13.6 Å². The first-order valence-corrected chi connectivity index (χ1v) is 7.79. The molecule has 2 N–H and O–H groups in total. The van der Waals surface area contributed by atoms with Gasteiger partial charge in [-0.15, -0.1) is 0 Å². The molecule has 0 aliphatic rings. The van der Waals surface area contributed by atoms with Crippen molar-refractivity contribution in [3.63, 3.8) is 0 Å². The lowest BCUT2D eigenvalue weighted by Crippen LogP contribution is -2.34. The van der Waals surface area contributed by atoms with Crippen molar-refractivity contribution < 1.29 is 23.1 Å². The van der Waals surface area contributed by atoms with Crippen LogP contribution in [0.25, 0.3) is 0 Å². The van der Waals surface area contributed by atoms with Gasteiger partial charge in [-0.05, 0) is 39.3 Å². The van der Waals surface area contributed by atoms with Crippen LogP contribution in [0.3, 0.4) is 0 Å². The Bertz CT molecular complexity index is 589. The van der Waals surface area contributed by atoms with Crippen LogP contribution in [0, 0.1) is 11.6 Å². The molecule has 0 fully saturated rings. The second kappa shape index (κ2) is 8.24. The molecule has 0 aliphatic heterocycles. The van der Waals surface area contributed by atoms with Crippen molar-refractivity contribution in [2.75, 3.05) is 13.1 Å². The van der Waals surface area contributed by atoms with Gasteiger partial charge in [-0.1, -0.05) is 15.9 Å². The van der Waals surface area contributed by atoms with Crippen molar-refractivity contribution in [3.8, 4) is 0 Å². The number of hydrogen-bond acceptors (Lipinski definition) is 3. The van der Waals surface area contributed by atoms with E-state index in [1.54, 1.807) is 20.8 Å². The molecule has 0 saturated heterocycles. The molecule has 0 aromatic heterocycles. The third kappa shape index (κ3) is 6.94. The molecule has 5 nitrogen and oxygen atoms in total. The van der Waals surface area contributed by atoms with E-state index in [-0.39, 0.29) is 23.1 Å². The Morgan fingerprint density at radius 1 is 1.17 bits per heavy atom. The number of amides is 2. The highest BCUT2D eigenvalue weighted by Gasteiger charge is 2.17. The first kappa shape index (κ1) is 19.3. The normalized spacial score (nSPS) is 11.0. The predicted molar refractivity (Wildman–Crippen MR) is 85.2 cm³/mol. The minimum Gasteiger partial charge on any atom is -0.444 e. The monoisotopic (exact) mass is 392 g/mol. The molecule has 1 rings (SSSR count). The standard InChI is InChI=1S/C15H19BrF2N2O3/c1-15(2,3)23-14(22)20-6-4-5-19-13(21)10-7-9(16)8-11(17)12(10)18/h7-8H,4-6H2,1-3H3,(H,19,21)(H,20,22). The van der Waals surface area contributed by atoms with Gasteiger partial charge in [0.05, 0.1) is 5.56 Å². The smallest absolute Gasteiger partial charge is 0.407 e. The molecule has 128 valence electrons. The first-order valence-electron chi connectivity index (χ1n) is 7.00. The molecule has 0 radical (unpaired) electrons. The van der Waals surface area contributed by atoms with Gasteiger partial charge in [-0.3, -0.25) is 4.79 Å². The van der Waals surface area contributed by atoms with Gasteiger partial charge < -0.3 is 15.4 Å². The van der Waals surface area contributed by atoms with Crippen molar-refractivity contribution in [2.24, 2.45) is 0 Å². The molecule has 23 heavy (non-hydrogen) atoms. The van der Waals surface area contributed by atoms with Crippen molar-refractivity contribution in [1.82, 2.24) is 10.6 Å². The number of benzene rings is 1. The molecule has 0 heterocycles. The van der Waals surface area contributed by atoms with Gasteiger partial charge in [0.1, 0.15) is 5.60 Å². The van der Waals surface area contributed by atoms with Crippen LogP contribution in [0.5, 0.6) is 0 Å². The van der Waals surface area contributed by atoms with Gasteiger partial charge in [0.2, 0.25) is 0 Å². The van der Waals surface area contributed by atoms with Crippen LogP contribution >= 0.6 is 15.9 Å². The number of carbonyl (C=O) groups excluding carboxylic acids is 2. The van der Waals surface area contributed by atoms with Crippen LogP contribution in [-0.4, -0.2) is 30.7 Å². The van der Waals surface area contributed by atoms with Gasteiger partial charge >= 0.3 is 6.09 Å². The molecular weight excluding hydrogens is 374 g/mol. The highest BCUT2D eigenvalue weighted by atomic mass is 79.9. The minimum atomic E-state index is -1.20. The van der Waals surface area contributed by atoms with Crippen LogP contribution in [0.4, 0.5) is 13.6 Å². The number of alkyl carbamates (subject to hydrolysis) is 1. The van der Waals surface area contributed by atoms with E-state index in [1.807, 2.05) is 0 Å². The van der Waals surface area contributed by atoms with Crippen LogP contribution in [0.15, 0.2) is 16.6 Å². The zero-order valence-electron chi connectivity index (χ0n) is 13.1. The third-order valence-electron chi connectivity index (χ3n) is 2.54. The predicted octanol–water partition coefficient (Wildman–Crippen LogP) is 3.37. The second-order valence-electron chi connectivity index (χ2n) is 5.79. The summed E-state index contributed by atoms with van der Waals surface area (Å²) < 4.78 is 32.1. The van der Waals surface area contributed by atoms with Crippen LogP contribution in [0.1, 0.15) is 37.6 Å². The Balaban J connectivity index is 2.37. The maximum atomic E-state index is 13.5. The van der Waals surface area contributed by atoms with E-state index in [9.17, 15) is 18.4 Å². The summed E-state index contributed by atoms with van der Waals surface area (Å²) in [5, 5.41) is 4.99. The number of halogens is 3. The van der Waals surface area contributed by atoms with Crippen molar-refractivity contribution >= 4 is 27.9 Å². The lowest BCUT2D eigenvalue weighted by Gasteiger charge is -2.19. The quantitative estimate of drug-likeness (QED) is 0.596. The largest absolute Gasteiger partial charge is 0.444 e. The lowest BCUT2D eigenvalue weighted by atomic mass is 10.2. The molecule has 1 aromatic rings. The summed E-state index contributed by atoms with van der Waals surface area (Å²) in [5.74, 6) is -3.02. The molecule has 8 heteroatoms. The Labute approximate surface area is 141 Å². The summed E-state index contributed by atoms with van der Waals surface area (Å²) in [6.45, 7) is 5.72. The van der Waals surface area contributed by atoms with Gasteiger partial charge in [0.25, 0.3) is 5.91 Å². The van der Waals surface area contributed by atoms with E-state index < -0.39 is 29.2 Å². The average molecular weight is 393 g/mol. The van der Waals surface area contributed by atoms with E-state index >= 15 is 0 Å². The number of nitrogens with one attached hydrogen (secondary N) is 2. The lowest BCUT2D eigenvalue weighted by molar-refractivity contribution is 0.0527. The average Bonchev–Trinajstić information content (AvgIpc) is 2.40. The molecule has 0 aliphatic carbocycles. The Morgan fingerprint density at radius 2 is 1.78 bits per heavy atom.